The summed E-state index contributed by atoms with van der Waals surface area (Å²) in [6, 6.07) is -0.904. The molecule has 0 aromatic carbocycles. The molecule has 2 aliphatic rings. The Bertz CT molecular complexity index is 355. The molecule has 2 heterocycles. The van der Waals surface area contributed by atoms with E-state index in [1.165, 1.54) is 12.0 Å². The third-order valence-corrected chi connectivity index (χ3v) is 3.14. The van der Waals surface area contributed by atoms with Crippen LogP contribution in [-0.4, -0.2) is 60.4 Å². The molecule has 2 aliphatic heterocycles. The van der Waals surface area contributed by atoms with Gasteiger partial charge in [-0.1, -0.05) is 0 Å². The van der Waals surface area contributed by atoms with Crippen LogP contribution in [0.5, 0.6) is 0 Å². The molecule has 1 unspecified atom stereocenters. The number of Topliss-reactive ketones (excluding diaryl/α,β-unsaturated/α-hetero) is 1. The van der Waals surface area contributed by atoms with Crippen LogP contribution in [0.4, 0.5) is 4.79 Å². The van der Waals surface area contributed by atoms with Gasteiger partial charge in [0.05, 0.1) is 13.2 Å². The van der Waals surface area contributed by atoms with Gasteiger partial charge in [-0.25, -0.2) is 4.79 Å². The third kappa shape index (κ3) is 1.54. The highest BCUT2D eigenvalue weighted by molar-refractivity contribution is 5.95. The molecule has 0 aliphatic carbocycles. The van der Waals surface area contributed by atoms with E-state index in [0.717, 1.165) is 0 Å². The summed E-state index contributed by atoms with van der Waals surface area (Å²) in [4.78, 5) is 37.8. The van der Waals surface area contributed by atoms with Crippen molar-refractivity contribution < 1.29 is 19.1 Å². The van der Waals surface area contributed by atoms with Crippen molar-refractivity contribution in [1.82, 2.24) is 9.80 Å². The van der Waals surface area contributed by atoms with Crippen LogP contribution in [0.2, 0.25) is 0 Å². The largest absolute Gasteiger partial charge is 0.453 e. The smallest absolute Gasteiger partial charge is 0.410 e. The lowest BCUT2D eigenvalue weighted by molar-refractivity contribution is -0.149. The second-order valence-corrected chi connectivity index (χ2v) is 4.21. The number of ketones is 1. The van der Waals surface area contributed by atoms with E-state index in [0.29, 0.717) is 13.0 Å². The lowest BCUT2D eigenvalue weighted by Gasteiger charge is -2.46. The van der Waals surface area contributed by atoms with E-state index in [4.69, 9.17) is 0 Å². The van der Waals surface area contributed by atoms with Gasteiger partial charge in [-0.05, 0) is 0 Å². The Morgan fingerprint density at radius 3 is 2.69 bits per heavy atom. The number of nitrogens with zero attached hydrogens (tertiary/aromatic N) is 2. The zero-order valence-corrected chi connectivity index (χ0v) is 9.30. The first-order valence-electron chi connectivity index (χ1n) is 5.17. The molecule has 0 aromatic rings. The van der Waals surface area contributed by atoms with Gasteiger partial charge in [0.1, 0.15) is 11.8 Å². The Morgan fingerprint density at radius 2 is 2.06 bits per heavy atom. The second-order valence-electron chi connectivity index (χ2n) is 4.21. The first-order chi connectivity index (χ1) is 7.54. The van der Waals surface area contributed by atoms with Crippen molar-refractivity contribution >= 4 is 17.8 Å². The molecule has 0 radical (unpaired) electrons. The summed E-state index contributed by atoms with van der Waals surface area (Å²) in [5.41, 5.74) is 0. The second kappa shape index (κ2) is 3.77. The molecule has 0 aromatic heterocycles. The van der Waals surface area contributed by atoms with Gasteiger partial charge in [0.2, 0.25) is 5.91 Å². The minimum atomic E-state index is -0.669. The van der Waals surface area contributed by atoms with Crippen molar-refractivity contribution in [2.45, 2.75) is 24.9 Å². The Balaban J connectivity index is 2.29. The average molecular weight is 226 g/mol. The molecule has 0 spiro atoms. The molecule has 2 saturated heterocycles. The highest BCUT2D eigenvalue weighted by Crippen LogP contribution is 2.27. The summed E-state index contributed by atoms with van der Waals surface area (Å²) in [7, 11) is 2.97. The average Bonchev–Trinajstić information content (AvgIpc) is 2.24. The number of methoxy groups -OCH3 is 1. The van der Waals surface area contributed by atoms with Gasteiger partial charge in [-0.15, -0.1) is 0 Å². The standard InChI is InChI=1S/C10H14N2O4/c1-11-5-6-3-7(13)4-8(9(11)14)12(6)10(15)16-2/h6,8H,3-5H2,1-2H3/t6-,8?/m0/s1. The number of ether oxygens (including phenoxy) is 1. The maximum Gasteiger partial charge on any atom is 0.410 e. The SMILES string of the molecule is COC(=O)N1C2CC(=O)C[C@H]1CN(C)C2=O. The van der Waals surface area contributed by atoms with Crippen molar-refractivity contribution in [3.05, 3.63) is 0 Å². The van der Waals surface area contributed by atoms with Crippen LogP contribution in [0.1, 0.15) is 12.8 Å². The maximum absolute atomic E-state index is 11.8. The summed E-state index contributed by atoms with van der Waals surface area (Å²) in [5, 5.41) is 0. The van der Waals surface area contributed by atoms with E-state index < -0.39 is 12.1 Å². The number of likely N-dealkylation sites (N-methyl/N-ethyl adjacent to an activating group) is 1. The first kappa shape index (κ1) is 10.9. The summed E-state index contributed by atoms with van der Waals surface area (Å²) < 4.78 is 4.65. The van der Waals surface area contributed by atoms with Crippen molar-refractivity contribution in [3.8, 4) is 0 Å². The maximum atomic E-state index is 11.8. The zero-order chi connectivity index (χ0) is 11.9. The number of hydrogen-bond acceptors (Lipinski definition) is 4. The fourth-order valence-corrected chi connectivity index (χ4v) is 2.41. The molecule has 16 heavy (non-hydrogen) atoms. The van der Waals surface area contributed by atoms with Gasteiger partial charge in [0, 0.05) is 26.4 Å². The monoisotopic (exact) mass is 226 g/mol. The van der Waals surface area contributed by atoms with E-state index in [-0.39, 0.29) is 24.2 Å². The predicted octanol–water partition coefficient (Wildman–Crippen LogP) is -0.373. The van der Waals surface area contributed by atoms with Gasteiger partial charge in [0.15, 0.2) is 0 Å². The fraction of sp³-hybridized carbons (Fsp3) is 0.700. The predicted molar refractivity (Wildman–Crippen MR) is 53.7 cm³/mol. The summed E-state index contributed by atoms with van der Waals surface area (Å²) in [6.07, 6.45) is -0.109. The van der Waals surface area contributed by atoms with Crippen molar-refractivity contribution in [2.75, 3.05) is 20.7 Å². The molecule has 2 bridgehead atoms. The number of amides is 2. The zero-order valence-electron chi connectivity index (χ0n) is 9.30. The molecule has 2 atom stereocenters. The van der Waals surface area contributed by atoms with Crippen molar-refractivity contribution in [2.24, 2.45) is 0 Å². The lowest BCUT2D eigenvalue weighted by atomic mass is 9.90. The molecule has 2 amide bonds. The number of hydrogen-bond donors (Lipinski definition) is 0. The van der Waals surface area contributed by atoms with Crippen molar-refractivity contribution in [1.29, 1.82) is 0 Å². The summed E-state index contributed by atoms with van der Waals surface area (Å²) >= 11 is 0. The van der Waals surface area contributed by atoms with E-state index in [9.17, 15) is 14.4 Å². The van der Waals surface area contributed by atoms with Crippen molar-refractivity contribution in [3.63, 3.8) is 0 Å². The topological polar surface area (TPSA) is 66.9 Å². The number of rotatable bonds is 0. The van der Waals surface area contributed by atoms with E-state index in [2.05, 4.69) is 4.74 Å². The molecule has 88 valence electrons. The number of piperidine rings is 1. The Morgan fingerprint density at radius 1 is 1.38 bits per heavy atom. The summed E-state index contributed by atoms with van der Waals surface area (Å²) in [5.74, 6) is -0.147. The molecule has 2 rings (SSSR count). The van der Waals surface area contributed by atoms with Crippen LogP contribution >= 0.6 is 0 Å². The molecular formula is C10H14N2O4. The van der Waals surface area contributed by atoms with Crippen LogP contribution < -0.4 is 0 Å². The number of carbonyl (C=O) groups excluding carboxylic acids is 3. The molecule has 6 nitrogen and oxygen atoms in total. The summed E-state index contributed by atoms with van der Waals surface area (Å²) in [6.45, 7) is 0.399. The van der Waals surface area contributed by atoms with Crippen LogP contribution in [0, 0.1) is 0 Å². The van der Waals surface area contributed by atoms with Crippen LogP contribution in [0.25, 0.3) is 0 Å². The number of piperazine rings is 1. The quantitative estimate of drug-likeness (QED) is 0.565. The Labute approximate surface area is 93.1 Å². The van der Waals surface area contributed by atoms with Gasteiger partial charge >= 0.3 is 6.09 Å². The minimum absolute atomic E-state index is 0.0385. The number of fused-ring (bicyclic) bond motifs is 2. The van der Waals surface area contributed by atoms with Crippen LogP contribution in [0.15, 0.2) is 0 Å². The van der Waals surface area contributed by atoms with E-state index in [1.807, 2.05) is 0 Å². The Hall–Kier alpha value is -1.59. The van der Waals surface area contributed by atoms with Gasteiger partial charge in [0.25, 0.3) is 0 Å². The van der Waals surface area contributed by atoms with Gasteiger partial charge < -0.3 is 9.64 Å². The van der Waals surface area contributed by atoms with Crippen LogP contribution in [0.3, 0.4) is 0 Å². The normalized spacial score (nSPS) is 29.4. The molecule has 2 fully saturated rings. The first-order valence-corrected chi connectivity index (χ1v) is 5.17. The minimum Gasteiger partial charge on any atom is -0.453 e. The highest BCUT2D eigenvalue weighted by Gasteiger charge is 2.47. The number of carbonyl (C=O) groups is 3. The van der Waals surface area contributed by atoms with Gasteiger partial charge in [-0.2, -0.15) is 0 Å². The van der Waals surface area contributed by atoms with E-state index >= 15 is 0 Å². The third-order valence-electron chi connectivity index (χ3n) is 3.14. The number of likely N-dealkylation sites (tertiary alicyclic amines) is 1. The fourth-order valence-electron chi connectivity index (χ4n) is 2.41. The molecule has 6 heteroatoms. The van der Waals surface area contributed by atoms with E-state index in [1.54, 1.807) is 11.9 Å². The molecule has 0 saturated carbocycles. The lowest BCUT2D eigenvalue weighted by Crippen LogP contribution is -2.65. The Kier molecular flexibility index (Phi) is 2.57. The van der Waals surface area contributed by atoms with Crippen LogP contribution in [-0.2, 0) is 14.3 Å². The molecular weight excluding hydrogens is 212 g/mol. The highest BCUT2D eigenvalue weighted by atomic mass is 16.5. The van der Waals surface area contributed by atoms with Gasteiger partial charge in [-0.3, -0.25) is 14.5 Å². The molecule has 0 N–H and O–H groups in total.